The zero-order chi connectivity index (χ0) is 13.7. The summed E-state index contributed by atoms with van der Waals surface area (Å²) in [6, 6.07) is 5.66. The Morgan fingerprint density at radius 2 is 1.78 bits per heavy atom. The third-order valence-corrected chi connectivity index (χ3v) is 2.63. The van der Waals surface area contributed by atoms with Crippen molar-refractivity contribution in [2.75, 3.05) is 25.1 Å². The summed E-state index contributed by atoms with van der Waals surface area (Å²) in [5.41, 5.74) is 2.63. The zero-order valence-corrected chi connectivity index (χ0v) is 10.8. The lowest BCUT2D eigenvalue weighted by molar-refractivity contribution is -0.139. The van der Waals surface area contributed by atoms with E-state index in [-0.39, 0.29) is 13.1 Å². The van der Waals surface area contributed by atoms with Crippen LogP contribution in [0, 0.1) is 13.8 Å². The van der Waals surface area contributed by atoms with Gasteiger partial charge in [-0.05, 0) is 25.0 Å². The number of esters is 1. The van der Waals surface area contributed by atoms with Crippen molar-refractivity contribution < 1.29 is 19.4 Å². The first-order valence-electron chi connectivity index (χ1n) is 5.55. The number of carboxylic acids is 1. The molecule has 0 spiro atoms. The van der Waals surface area contributed by atoms with Gasteiger partial charge in [0.05, 0.1) is 7.11 Å². The summed E-state index contributed by atoms with van der Waals surface area (Å²) >= 11 is 0. The number of benzene rings is 1. The van der Waals surface area contributed by atoms with Crippen molar-refractivity contribution >= 4 is 17.6 Å². The van der Waals surface area contributed by atoms with E-state index < -0.39 is 11.9 Å². The summed E-state index contributed by atoms with van der Waals surface area (Å²) in [5, 5.41) is 8.92. The van der Waals surface area contributed by atoms with Gasteiger partial charge < -0.3 is 14.7 Å². The monoisotopic (exact) mass is 251 g/mol. The first kappa shape index (κ1) is 14.0. The van der Waals surface area contributed by atoms with Gasteiger partial charge in [-0.2, -0.15) is 0 Å². The fourth-order valence-electron chi connectivity index (χ4n) is 1.90. The largest absolute Gasteiger partial charge is 0.480 e. The maximum Gasteiger partial charge on any atom is 0.325 e. The van der Waals surface area contributed by atoms with Crippen LogP contribution in [-0.2, 0) is 14.3 Å². The quantitative estimate of drug-likeness (QED) is 0.800. The van der Waals surface area contributed by atoms with Crippen LogP contribution >= 0.6 is 0 Å². The molecule has 0 saturated carbocycles. The standard InChI is InChI=1S/C13H17NO4/c1-9-5-4-6-10(2)13(9)14(7-11(15)16)8-12(17)18-3/h4-6H,7-8H2,1-3H3,(H,15,16). The molecule has 0 radical (unpaired) electrons. The highest BCUT2D eigenvalue weighted by Gasteiger charge is 2.18. The lowest BCUT2D eigenvalue weighted by Gasteiger charge is -2.25. The first-order valence-corrected chi connectivity index (χ1v) is 5.55. The van der Waals surface area contributed by atoms with Crippen molar-refractivity contribution in [3.8, 4) is 0 Å². The molecular formula is C13H17NO4. The van der Waals surface area contributed by atoms with Crippen LogP contribution < -0.4 is 4.90 Å². The van der Waals surface area contributed by atoms with Crippen molar-refractivity contribution in [2.45, 2.75) is 13.8 Å². The molecule has 98 valence electrons. The normalized spacial score (nSPS) is 9.94. The van der Waals surface area contributed by atoms with Crippen LogP contribution in [0.4, 0.5) is 5.69 Å². The van der Waals surface area contributed by atoms with E-state index in [4.69, 9.17) is 5.11 Å². The molecule has 0 aliphatic heterocycles. The average molecular weight is 251 g/mol. The molecule has 18 heavy (non-hydrogen) atoms. The SMILES string of the molecule is COC(=O)CN(CC(=O)O)c1c(C)cccc1C. The van der Waals surface area contributed by atoms with Gasteiger partial charge in [0.25, 0.3) is 0 Å². The number of ether oxygens (including phenoxy) is 1. The van der Waals surface area contributed by atoms with Crippen LogP contribution in [0.1, 0.15) is 11.1 Å². The van der Waals surface area contributed by atoms with Crippen LogP contribution in [0.3, 0.4) is 0 Å². The minimum atomic E-state index is -0.985. The number of nitrogens with zero attached hydrogens (tertiary/aromatic N) is 1. The second-order valence-electron chi connectivity index (χ2n) is 4.07. The maximum atomic E-state index is 11.3. The molecule has 0 heterocycles. The molecule has 0 saturated heterocycles. The molecule has 0 amide bonds. The van der Waals surface area contributed by atoms with Gasteiger partial charge in [0.15, 0.2) is 0 Å². The lowest BCUT2D eigenvalue weighted by atomic mass is 10.1. The van der Waals surface area contributed by atoms with E-state index in [0.717, 1.165) is 16.8 Å². The molecule has 0 aliphatic rings. The van der Waals surface area contributed by atoms with Crippen LogP contribution in [0.2, 0.25) is 0 Å². The predicted octanol–water partition coefficient (Wildman–Crippen LogP) is 1.37. The van der Waals surface area contributed by atoms with Crippen LogP contribution in [-0.4, -0.2) is 37.2 Å². The topological polar surface area (TPSA) is 66.8 Å². The third kappa shape index (κ3) is 3.48. The zero-order valence-electron chi connectivity index (χ0n) is 10.8. The molecule has 0 atom stereocenters. The summed E-state index contributed by atoms with van der Waals surface area (Å²) in [7, 11) is 1.28. The predicted molar refractivity (Wildman–Crippen MR) is 67.8 cm³/mol. The Hall–Kier alpha value is -2.04. The number of para-hydroxylation sites is 1. The van der Waals surface area contributed by atoms with E-state index in [9.17, 15) is 9.59 Å². The maximum absolute atomic E-state index is 11.3. The molecule has 1 N–H and O–H groups in total. The number of hydrogen-bond acceptors (Lipinski definition) is 4. The van der Waals surface area contributed by atoms with Crippen LogP contribution in [0.25, 0.3) is 0 Å². The van der Waals surface area contributed by atoms with Gasteiger partial charge in [-0.3, -0.25) is 9.59 Å². The number of carbonyl (C=O) groups is 2. The number of methoxy groups -OCH3 is 1. The highest BCUT2D eigenvalue weighted by molar-refractivity contribution is 5.81. The summed E-state index contributed by atoms with van der Waals surface area (Å²) in [5.74, 6) is -1.44. The molecule has 5 nitrogen and oxygen atoms in total. The lowest BCUT2D eigenvalue weighted by Crippen LogP contribution is -2.36. The Labute approximate surface area is 106 Å². The van der Waals surface area contributed by atoms with Gasteiger partial charge in [0, 0.05) is 5.69 Å². The number of aliphatic carboxylic acids is 1. The Balaban J connectivity index is 3.08. The van der Waals surface area contributed by atoms with Crippen molar-refractivity contribution in [3.63, 3.8) is 0 Å². The number of anilines is 1. The molecule has 0 fully saturated rings. The fourth-order valence-corrected chi connectivity index (χ4v) is 1.90. The number of carboxylic acid groups (broad SMARTS) is 1. The Bertz CT molecular complexity index is 436. The van der Waals surface area contributed by atoms with Crippen molar-refractivity contribution in [1.29, 1.82) is 0 Å². The van der Waals surface area contributed by atoms with Gasteiger partial charge in [-0.15, -0.1) is 0 Å². The fraction of sp³-hybridized carbons (Fsp3) is 0.385. The summed E-state index contributed by atoms with van der Waals surface area (Å²) in [4.78, 5) is 23.7. The summed E-state index contributed by atoms with van der Waals surface area (Å²) in [6.07, 6.45) is 0. The van der Waals surface area contributed by atoms with E-state index in [1.165, 1.54) is 12.0 Å². The highest BCUT2D eigenvalue weighted by Crippen LogP contribution is 2.24. The van der Waals surface area contributed by atoms with E-state index in [1.54, 1.807) is 0 Å². The Morgan fingerprint density at radius 1 is 1.22 bits per heavy atom. The minimum Gasteiger partial charge on any atom is -0.480 e. The molecule has 0 aromatic heterocycles. The Morgan fingerprint density at radius 3 is 2.22 bits per heavy atom. The number of aryl methyl sites for hydroxylation is 2. The van der Waals surface area contributed by atoms with Crippen molar-refractivity contribution in [3.05, 3.63) is 29.3 Å². The minimum absolute atomic E-state index is 0.0749. The summed E-state index contributed by atoms with van der Waals surface area (Å²) < 4.78 is 4.59. The van der Waals surface area contributed by atoms with E-state index in [2.05, 4.69) is 4.74 Å². The average Bonchev–Trinajstić information content (AvgIpc) is 2.27. The molecular weight excluding hydrogens is 234 g/mol. The molecule has 1 rings (SSSR count). The van der Waals surface area contributed by atoms with Gasteiger partial charge >= 0.3 is 11.9 Å². The molecule has 0 aliphatic carbocycles. The summed E-state index contributed by atoms with van der Waals surface area (Å²) in [6.45, 7) is 3.46. The molecule has 1 aromatic rings. The smallest absolute Gasteiger partial charge is 0.325 e. The highest BCUT2D eigenvalue weighted by atomic mass is 16.5. The van der Waals surface area contributed by atoms with Crippen LogP contribution in [0.5, 0.6) is 0 Å². The van der Waals surface area contributed by atoms with Gasteiger partial charge in [-0.1, -0.05) is 18.2 Å². The molecule has 0 unspecified atom stereocenters. The first-order chi connectivity index (χ1) is 8.45. The van der Waals surface area contributed by atoms with Crippen molar-refractivity contribution in [1.82, 2.24) is 0 Å². The van der Waals surface area contributed by atoms with Gasteiger partial charge in [0.1, 0.15) is 13.1 Å². The second-order valence-corrected chi connectivity index (χ2v) is 4.07. The Kier molecular flexibility index (Phi) is 4.71. The van der Waals surface area contributed by atoms with Crippen LogP contribution in [0.15, 0.2) is 18.2 Å². The number of carbonyl (C=O) groups excluding carboxylic acids is 1. The van der Waals surface area contributed by atoms with Gasteiger partial charge in [0.2, 0.25) is 0 Å². The van der Waals surface area contributed by atoms with Gasteiger partial charge in [-0.25, -0.2) is 0 Å². The number of rotatable bonds is 5. The van der Waals surface area contributed by atoms with E-state index in [0.29, 0.717) is 0 Å². The van der Waals surface area contributed by atoms with E-state index >= 15 is 0 Å². The molecule has 1 aromatic carbocycles. The second kappa shape index (κ2) is 6.05. The third-order valence-electron chi connectivity index (χ3n) is 2.63. The van der Waals surface area contributed by atoms with Crippen molar-refractivity contribution in [2.24, 2.45) is 0 Å². The molecule has 0 bridgehead atoms. The van der Waals surface area contributed by atoms with E-state index in [1.807, 2.05) is 32.0 Å². The number of hydrogen-bond donors (Lipinski definition) is 1. The molecule has 5 heteroatoms.